The topological polar surface area (TPSA) is 47.6 Å². The molecule has 4 nitrogen and oxygen atoms in total. The van der Waals surface area contributed by atoms with E-state index in [9.17, 15) is 4.79 Å². The number of ether oxygens (including phenoxy) is 2. The van der Waals surface area contributed by atoms with Gasteiger partial charge >= 0.3 is 0 Å². The number of methoxy groups -OCH3 is 2. The Morgan fingerprint density at radius 2 is 1.79 bits per heavy atom. The van der Waals surface area contributed by atoms with E-state index in [0.717, 1.165) is 6.42 Å². The van der Waals surface area contributed by atoms with Gasteiger partial charge in [0, 0.05) is 17.5 Å². The Labute approximate surface area is 119 Å². The molecule has 0 aliphatic carbocycles. The predicted molar refractivity (Wildman–Crippen MR) is 76.4 cm³/mol. The maximum Gasteiger partial charge on any atom is 0.252 e. The molecule has 0 spiro atoms. The van der Waals surface area contributed by atoms with Crippen LogP contribution in [0.25, 0.3) is 0 Å². The normalized spacial score (nSPS) is 13.5. The summed E-state index contributed by atoms with van der Waals surface area (Å²) in [5, 5.41) is 2.93. The fourth-order valence-corrected chi connectivity index (χ4v) is 1.76. The smallest absolute Gasteiger partial charge is 0.252 e. The highest BCUT2D eigenvalue weighted by Gasteiger charge is 2.24. The van der Waals surface area contributed by atoms with E-state index >= 15 is 0 Å². The maximum absolute atomic E-state index is 12.2. The molecule has 0 fully saturated rings. The van der Waals surface area contributed by atoms with Crippen molar-refractivity contribution >= 4 is 17.5 Å². The molecule has 106 valence electrons. The van der Waals surface area contributed by atoms with Crippen molar-refractivity contribution in [2.45, 2.75) is 25.8 Å². The molecule has 1 aromatic carbocycles. The van der Waals surface area contributed by atoms with Gasteiger partial charge in [0.1, 0.15) is 11.5 Å². The highest BCUT2D eigenvalue weighted by molar-refractivity contribution is 6.18. The Morgan fingerprint density at radius 3 is 2.16 bits per heavy atom. The molecule has 19 heavy (non-hydrogen) atoms. The first-order valence-corrected chi connectivity index (χ1v) is 6.63. The quantitative estimate of drug-likeness (QED) is 0.818. The summed E-state index contributed by atoms with van der Waals surface area (Å²) in [6.07, 6.45) is 0.753. The van der Waals surface area contributed by atoms with E-state index < -0.39 is 5.54 Å². The molecule has 0 saturated heterocycles. The van der Waals surface area contributed by atoms with Gasteiger partial charge in [0.25, 0.3) is 5.91 Å². The van der Waals surface area contributed by atoms with E-state index in [-0.39, 0.29) is 5.91 Å². The molecule has 1 amide bonds. The predicted octanol–water partition coefficient (Wildman–Crippen LogP) is 2.84. The van der Waals surface area contributed by atoms with Crippen molar-refractivity contribution in [3.8, 4) is 11.5 Å². The molecular formula is C14H20ClNO3. The molecule has 1 atom stereocenters. The van der Waals surface area contributed by atoms with E-state index in [4.69, 9.17) is 21.1 Å². The molecule has 0 radical (unpaired) electrons. The second kappa shape index (κ2) is 6.66. The number of carbonyl (C=O) groups is 1. The molecule has 1 aromatic rings. The number of hydrogen-bond acceptors (Lipinski definition) is 3. The largest absolute Gasteiger partial charge is 0.497 e. The average molecular weight is 286 g/mol. The van der Waals surface area contributed by atoms with Crippen LogP contribution in [-0.4, -0.2) is 31.5 Å². The minimum atomic E-state index is -0.422. The first-order valence-electron chi connectivity index (χ1n) is 6.09. The van der Waals surface area contributed by atoms with Crippen molar-refractivity contribution in [3.63, 3.8) is 0 Å². The van der Waals surface area contributed by atoms with Crippen molar-refractivity contribution < 1.29 is 14.3 Å². The summed E-state index contributed by atoms with van der Waals surface area (Å²) in [6, 6.07) is 5.06. The average Bonchev–Trinajstić information content (AvgIpc) is 2.46. The third-order valence-corrected chi connectivity index (χ3v) is 3.69. The number of alkyl halides is 1. The monoisotopic (exact) mass is 285 g/mol. The van der Waals surface area contributed by atoms with Gasteiger partial charge in [0.05, 0.1) is 19.8 Å². The van der Waals surface area contributed by atoms with Gasteiger partial charge in [-0.2, -0.15) is 0 Å². The molecule has 0 aromatic heterocycles. The number of hydrogen-bond donors (Lipinski definition) is 1. The van der Waals surface area contributed by atoms with Crippen LogP contribution in [0, 0.1) is 0 Å². The van der Waals surface area contributed by atoms with Crippen molar-refractivity contribution in [2.24, 2.45) is 0 Å². The molecule has 0 aliphatic rings. The highest BCUT2D eigenvalue weighted by atomic mass is 35.5. The minimum absolute atomic E-state index is 0.192. The lowest BCUT2D eigenvalue weighted by Gasteiger charge is -2.27. The van der Waals surface area contributed by atoms with Crippen LogP contribution < -0.4 is 14.8 Å². The zero-order valence-electron chi connectivity index (χ0n) is 11.7. The van der Waals surface area contributed by atoms with Crippen LogP contribution in [0.1, 0.15) is 30.6 Å². The molecule has 1 unspecified atom stereocenters. The van der Waals surface area contributed by atoms with Crippen LogP contribution >= 0.6 is 11.6 Å². The standard InChI is InChI=1S/C14H20ClNO3/c1-5-14(2,9-15)16-13(17)10-6-11(18-3)8-12(7-10)19-4/h6-8H,5,9H2,1-4H3,(H,16,17). The zero-order valence-corrected chi connectivity index (χ0v) is 12.5. The number of halogens is 1. The summed E-state index contributed by atoms with van der Waals surface area (Å²) in [7, 11) is 3.09. The third kappa shape index (κ3) is 4.03. The van der Waals surface area contributed by atoms with Gasteiger partial charge < -0.3 is 14.8 Å². The Morgan fingerprint density at radius 1 is 1.26 bits per heavy atom. The SMILES string of the molecule is CCC(C)(CCl)NC(=O)c1cc(OC)cc(OC)c1. The number of nitrogens with one attached hydrogen (secondary N) is 1. The van der Waals surface area contributed by atoms with Crippen molar-refractivity contribution in [2.75, 3.05) is 20.1 Å². The number of carbonyl (C=O) groups excluding carboxylic acids is 1. The van der Waals surface area contributed by atoms with Crippen molar-refractivity contribution in [1.29, 1.82) is 0 Å². The van der Waals surface area contributed by atoms with Gasteiger partial charge in [-0.25, -0.2) is 0 Å². The van der Waals surface area contributed by atoms with Crippen molar-refractivity contribution in [1.82, 2.24) is 5.32 Å². The summed E-state index contributed by atoms with van der Waals surface area (Å²) in [5.74, 6) is 1.32. The lowest BCUT2D eigenvalue weighted by atomic mass is 10.0. The second-order valence-corrected chi connectivity index (χ2v) is 4.87. The van der Waals surface area contributed by atoms with Gasteiger partial charge in [-0.15, -0.1) is 11.6 Å². The molecule has 0 bridgehead atoms. The first-order chi connectivity index (χ1) is 8.97. The number of benzene rings is 1. The fourth-order valence-electron chi connectivity index (χ4n) is 1.50. The van der Waals surface area contributed by atoms with E-state index in [1.165, 1.54) is 0 Å². The molecule has 1 N–H and O–H groups in total. The van der Waals surface area contributed by atoms with Gasteiger partial charge in [0.15, 0.2) is 0 Å². The zero-order chi connectivity index (χ0) is 14.5. The Kier molecular flexibility index (Phi) is 5.48. The lowest BCUT2D eigenvalue weighted by Crippen LogP contribution is -2.47. The van der Waals surface area contributed by atoms with Gasteiger partial charge in [-0.1, -0.05) is 6.92 Å². The summed E-state index contributed by atoms with van der Waals surface area (Å²) in [6.45, 7) is 3.89. The van der Waals surface area contributed by atoms with Crippen molar-refractivity contribution in [3.05, 3.63) is 23.8 Å². The molecule has 0 heterocycles. The molecule has 0 aliphatic heterocycles. The summed E-state index contributed by atoms with van der Waals surface area (Å²) >= 11 is 5.89. The van der Waals surface area contributed by atoms with Crippen LogP contribution in [0.5, 0.6) is 11.5 Å². The fraction of sp³-hybridized carbons (Fsp3) is 0.500. The molecule has 1 rings (SSSR count). The summed E-state index contributed by atoms with van der Waals surface area (Å²) in [4.78, 5) is 12.2. The summed E-state index contributed by atoms with van der Waals surface area (Å²) < 4.78 is 10.3. The van der Waals surface area contributed by atoms with E-state index in [1.54, 1.807) is 32.4 Å². The van der Waals surface area contributed by atoms with Gasteiger partial charge in [-0.05, 0) is 25.5 Å². The van der Waals surface area contributed by atoms with Crippen LogP contribution in [0.4, 0.5) is 0 Å². The maximum atomic E-state index is 12.2. The van der Waals surface area contributed by atoms with Crippen LogP contribution in [-0.2, 0) is 0 Å². The molecule has 0 saturated carbocycles. The Bertz CT molecular complexity index is 422. The third-order valence-electron chi connectivity index (χ3n) is 3.10. The lowest BCUT2D eigenvalue weighted by molar-refractivity contribution is 0.0911. The minimum Gasteiger partial charge on any atom is -0.497 e. The van der Waals surface area contributed by atoms with Crippen LogP contribution in [0.2, 0.25) is 0 Å². The molecule has 5 heteroatoms. The Balaban J connectivity index is 2.99. The van der Waals surface area contributed by atoms with E-state index in [0.29, 0.717) is 22.9 Å². The van der Waals surface area contributed by atoms with Crippen LogP contribution in [0.3, 0.4) is 0 Å². The van der Waals surface area contributed by atoms with E-state index in [2.05, 4.69) is 5.32 Å². The van der Waals surface area contributed by atoms with Gasteiger partial charge in [0.2, 0.25) is 0 Å². The Hall–Kier alpha value is -1.42. The van der Waals surface area contributed by atoms with E-state index in [1.807, 2.05) is 13.8 Å². The second-order valence-electron chi connectivity index (χ2n) is 4.60. The number of rotatable bonds is 6. The first kappa shape index (κ1) is 15.6. The van der Waals surface area contributed by atoms with Crippen LogP contribution in [0.15, 0.2) is 18.2 Å². The number of amides is 1. The highest BCUT2D eigenvalue weighted by Crippen LogP contribution is 2.23. The van der Waals surface area contributed by atoms with Gasteiger partial charge in [-0.3, -0.25) is 4.79 Å². The summed E-state index contributed by atoms with van der Waals surface area (Å²) in [5.41, 5.74) is 0.0654. The molecular weight excluding hydrogens is 266 g/mol.